The van der Waals surface area contributed by atoms with E-state index in [0.717, 1.165) is 7.11 Å². The van der Waals surface area contributed by atoms with Crippen LogP contribution in [0.4, 0.5) is 13.2 Å². The molecule has 0 unspecified atom stereocenters. The molecule has 0 spiro atoms. The van der Waals surface area contributed by atoms with Gasteiger partial charge in [0.25, 0.3) is 0 Å². The average molecular weight is 274 g/mol. The van der Waals surface area contributed by atoms with Gasteiger partial charge in [0, 0.05) is 6.20 Å². The second-order valence-electron chi connectivity index (χ2n) is 3.62. The Kier molecular flexibility index (Phi) is 3.32. The van der Waals surface area contributed by atoms with Crippen molar-refractivity contribution in [2.24, 2.45) is 0 Å². The smallest absolute Gasteiger partial charge is 0.422 e. The van der Waals surface area contributed by atoms with Gasteiger partial charge in [0.1, 0.15) is 5.65 Å². The number of hydrogen-bond acceptors (Lipinski definition) is 4. The lowest BCUT2D eigenvalue weighted by atomic mass is 10.3. The van der Waals surface area contributed by atoms with Crippen LogP contribution in [0.1, 0.15) is 10.5 Å². The molecule has 2 aromatic heterocycles. The van der Waals surface area contributed by atoms with Gasteiger partial charge in [-0.15, -0.1) is 0 Å². The van der Waals surface area contributed by atoms with Crippen molar-refractivity contribution in [1.82, 2.24) is 9.97 Å². The zero-order chi connectivity index (χ0) is 14.0. The Morgan fingerprint density at radius 1 is 1.47 bits per heavy atom. The van der Waals surface area contributed by atoms with Gasteiger partial charge in [-0.1, -0.05) is 0 Å². The van der Waals surface area contributed by atoms with Gasteiger partial charge in [-0.2, -0.15) is 13.2 Å². The van der Waals surface area contributed by atoms with Crippen LogP contribution in [0, 0.1) is 0 Å². The van der Waals surface area contributed by atoms with Gasteiger partial charge in [-0.05, 0) is 12.1 Å². The Balaban J connectivity index is 2.45. The van der Waals surface area contributed by atoms with E-state index in [4.69, 9.17) is 0 Å². The first kappa shape index (κ1) is 13.2. The van der Waals surface area contributed by atoms with E-state index in [0.29, 0.717) is 0 Å². The normalized spacial score (nSPS) is 11.6. The molecule has 2 aromatic rings. The summed E-state index contributed by atoms with van der Waals surface area (Å²) in [6.07, 6.45) is -3.06. The van der Waals surface area contributed by atoms with E-state index in [1.54, 1.807) is 0 Å². The van der Waals surface area contributed by atoms with Gasteiger partial charge < -0.3 is 14.5 Å². The number of rotatable bonds is 3. The Bertz CT molecular complexity index is 607. The number of nitrogens with zero attached hydrogens (tertiary/aromatic N) is 1. The largest absolute Gasteiger partial charge is 0.481 e. The zero-order valence-electron chi connectivity index (χ0n) is 9.75. The van der Waals surface area contributed by atoms with E-state index in [1.165, 1.54) is 18.3 Å². The molecule has 0 radical (unpaired) electrons. The number of methoxy groups -OCH3 is 1. The number of ether oxygens (including phenoxy) is 2. The molecule has 8 heteroatoms. The number of fused-ring (bicyclic) bond motifs is 1. The van der Waals surface area contributed by atoms with E-state index < -0.39 is 18.8 Å². The summed E-state index contributed by atoms with van der Waals surface area (Å²) in [6.45, 7) is -1.50. The van der Waals surface area contributed by atoms with E-state index in [2.05, 4.69) is 19.4 Å². The van der Waals surface area contributed by atoms with Crippen molar-refractivity contribution in [3.05, 3.63) is 24.0 Å². The summed E-state index contributed by atoms with van der Waals surface area (Å²) >= 11 is 0. The number of aromatic nitrogens is 2. The number of pyridine rings is 1. The maximum atomic E-state index is 12.2. The van der Waals surface area contributed by atoms with Crippen LogP contribution in [0.25, 0.3) is 11.0 Å². The van der Waals surface area contributed by atoms with E-state index in [9.17, 15) is 18.0 Å². The van der Waals surface area contributed by atoms with Crippen molar-refractivity contribution in [3.8, 4) is 5.75 Å². The number of hydrogen-bond donors (Lipinski definition) is 1. The third kappa shape index (κ3) is 2.78. The summed E-state index contributed by atoms with van der Waals surface area (Å²) in [5.74, 6) is -1.04. The van der Waals surface area contributed by atoms with Crippen molar-refractivity contribution in [1.29, 1.82) is 0 Å². The Hall–Kier alpha value is -2.25. The van der Waals surface area contributed by atoms with E-state index in [-0.39, 0.29) is 22.5 Å². The Morgan fingerprint density at radius 2 is 2.21 bits per heavy atom. The molecular formula is C11H9F3N2O3. The van der Waals surface area contributed by atoms with E-state index >= 15 is 0 Å². The molecule has 0 bridgehead atoms. The number of alkyl halides is 3. The summed E-state index contributed by atoms with van der Waals surface area (Å²) < 4.78 is 45.7. The molecule has 2 heterocycles. The fraction of sp³-hybridized carbons (Fsp3) is 0.273. The molecule has 0 saturated heterocycles. The lowest BCUT2D eigenvalue weighted by Crippen LogP contribution is -2.20. The summed E-state index contributed by atoms with van der Waals surface area (Å²) in [5.41, 5.74) is 0.0560. The highest BCUT2D eigenvalue weighted by atomic mass is 19.4. The highest BCUT2D eigenvalue weighted by Gasteiger charge is 2.30. The van der Waals surface area contributed by atoms with Gasteiger partial charge in [0.15, 0.2) is 18.1 Å². The average Bonchev–Trinajstić information content (AvgIpc) is 2.73. The molecule has 0 aliphatic carbocycles. The fourth-order valence-electron chi connectivity index (χ4n) is 1.55. The third-order valence-electron chi connectivity index (χ3n) is 2.29. The van der Waals surface area contributed by atoms with Crippen LogP contribution in [0.15, 0.2) is 18.3 Å². The van der Waals surface area contributed by atoms with Crippen LogP contribution < -0.4 is 4.74 Å². The number of nitrogens with one attached hydrogen (secondary N) is 1. The predicted octanol–water partition coefficient (Wildman–Crippen LogP) is 2.29. The van der Waals surface area contributed by atoms with Crippen LogP contribution in [-0.4, -0.2) is 35.8 Å². The van der Waals surface area contributed by atoms with Crippen LogP contribution >= 0.6 is 0 Å². The first-order chi connectivity index (χ1) is 8.92. The van der Waals surface area contributed by atoms with Crippen LogP contribution in [0.5, 0.6) is 5.75 Å². The van der Waals surface area contributed by atoms with Gasteiger partial charge >= 0.3 is 12.1 Å². The standard InChI is InChI=1S/C11H9F3N2O3/c1-18-10(17)7-8(19-5-11(12,13)14)6-3-2-4-15-9(6)16-7/h2-4H,5H2,1H3,(H,15,16). The minimum absolute atomic E-state index is 0.194. The maximum absolute atomic E-state index is 12.2. The monoisotopic (exact) mass is 274 g/mol. The van der Waals surface area contributed by atoms with Crippen molar-refractivity contribution in [2.75, 3.05) is 13.7 Å². The molecule has 0 fully saturated rings. The van der Waals surface area contributed by atoms with Crippen LogP contribution in [0.3, 0.4) is 0 Å². The minimum Gasteiger partial charge on any atom is -0.481 e. The molecule has 0 aliphatic heterocycles. The molecule has 2 rings (SSSR count). The topological polar surface area (TPSA) is 64.2 Å². The first-order valence-corrected chi connectivity index (χ1v) is 5.17. The molecule has 0 amide bonds. The fourth-order valence-corrected chi connectivity index (χ4v) is 1.55. The molecule has 5 nitrogen and oxygen atoms in total. The third-order valence-corrected chi connectivity index (χ3v) is 2.29. The molecular weight excluding hydrogens is 265 g/mol. The van der Waals surface area contributed by atoms with Crippen LogP contribution in [-0.2, 0) is 4.74 Å². The number of carbonyl (C=O) groups is 1. The van der Waals surface area contributed by atoms with Crippen LogP contribution in [0.2, 0.25) is 0 Å². The predicted molar refractivity (Wildman–Crippen MR) is 59.0 cm³/mol. The number of aromatic amines is 1. The van der Waals surface area contributed by atoms with Crippen molar-refractivity contribution in [2.45, 2.75) is 6.18 Å². The first-order valence-electron chi connectivity index (χ1n) is 5.17. The maximum Gasteiger partial charge on any atom is 0.422 e. The highest BCUT2D eigenvalue weighted by Crippen LogP contribution is 2.30. The number of halogens is 3. The van der Waals surface area contributed by atoms with E-state index in [1.807, 2.05) is 0 Å². The van der Waals surface area contributed by atoms with Gasteiger partial charge in [0.05, 0.1) is 12.5 Å². The molecule has 0 atom stereocenters. The molecule has 0 aliphatic rings. The second-order valence-corrected chi connectivity index (χ2v) is 3.62. The summed E-state index contributed by atoms with van der Waals surface area (Å²) in [7, 11) is 1.12. The SMILES string of the molecule is COC(=O)c1[nH]c2ncccc2c1OCC(F)(F)F. The Morgan fingerprint density at radius 3 is 2.84 bits per heavy atom. The summed E-state index contributed by atoms with van der Waals surface area (Å²) in [4.78, 5) is 18.0. The zero-order valence-corrected chi connectivity index (χ0v) is 9.75. The number of H-pyrrole nitrogens is 1. The number of carbonyl (C=O) groups excluding carboxylic acids is 1. The van der Waals surface area contributed by atoms with Crippen molar-refractivity contribution >= 4 is 17.0 Å². The molecule has 1 N–H and O–H groups in total. The lowest BCUT2D eigenvalue weighted by molar-refractivity contribution is -0.153. The molecule has 0 saturated carbocycles. The molecule has 0 aromatic carbocycles. The quantitative estimate of drug-likeness (QED) is 0.872. The summed E-state index contributed by atoms with van der Waals surface area (Å²) in [5, 5.41) is 0.284. The molecule has 19 heavy (non-hydrogen) atoms. The lowest BCUT2D eigenvalue weighted by Gasteiger charge is -2.09. The van der Waals surface area contributed by atoms with Crippen molar-refractivity contribution in [3.63, 3.8) is 0 Å². The number of esters is 1. The van der Waals surface area contributed by atoms with Crippen molar-refractivity contribution < 1.29 is 27.4 Å². The second kappa shape index (κ2) is 4.79. The van der Waals surface area contributed by atoms with Gasteiger partial charge in [-0.25, -0.2) is 9.78 Å². The minimum atomic E-state index is -4.50. The van der Waals surface area contributed by atoms with Gasteiger partial charge in [-0.3, -0.25) is 0 Å². The van der Waals surface area contributed by atoms with Gasteiger partial charge in [0.2, 0.25) is 0 Å². The highest BCUT2D eigenvalue weighted by molar-refractivity contribution is 5.99. The summed E-state index contributed by atoms with van der Waals surface area (Å²) in [6, 6.07) is 3.02. The molecule has 102 valence electrons. The Labute approximate surface area is 105 Å².